The number of hydrogen-bond acceptors (Lipinski definition) is 4. The van der Waals surface area contributed by atoms with Crippen LogP contribution in [0, 0.1) is 6.92 Å². The molecule has 0 aliphatic carbocycles. The Morgan fingerprint density at radius 2 is 2.12 bits per heavy atom. The molecule has 0 unspecified atom stereocenters. The first kappa shape index (κ1) is 14.2. The molecule has 4 rings (SSSR count). The van der Waals surface area contributed by atoms with E-state index in [0.29, 0.717) is 11.3 Å². The van der Waals surface area contributed by atoms with Crippen LogP contribution < -0.4 is 5.32 Å². The third kappa shape index (κ3) is 2.25. The van der Waals surface area contributed by atoms with Crippen LogP contribution in [0.5, 0.6) is 0 Å². The Hall–Kier alpha value is -3.41. The molecule has 0 aliphatic heterocycles. The third-order valence-electron chi connectivity index (χ3n) is 3.89. The lowest BCUT2D eigenvalue weighted by molar-refractivity contribution is 0.0699. The maximum absolute atomic E-state index is 11.6. The molecule has 0 spiro atoms. The monoisotopic (exact) mass is 318 g/mol. The lowest BCUT2D eigenvalue weighted by atomic mass is 10.2. The number of carboxylic acids is 1. The van der Waals surface area contributed by atoms with Gasteiger partial charge in [0.1, 0.15) is 5.52 Å². The normalized spacial score (nSPS) is 11.0. The number of pyridine rings is 1. The lowest BCUT2D eigenvalue weighted by Gasteiger charge is -2.11. The molecular formula is C18H14N4O2. The molecule has 0 fully saturated rings. The minimum atomic E-state index is -0.991. The van der Waals surface area contributed by atoms with Crippen molar-refractivity contribution in [2.24, 2.45) is 0 Å². The molecule has 24 heavy (non-hydrogen) atoms. The average Bonchev–Trinajstić information content (AvgIpc) is 3.01. The van der Waals surface area contributed by atoms with E-state index >= 15 is 0 Å². The number of hydrogen-bond donors (Lipinski definition) is 2. The van der Waals surface area contributed by atoms with Gasteiger partial charge in [-0.2, -0.15) is 0 Å². The summed E-state index contributed by atoms with van der Waals surface area (Å²) in [6, 6.07) is 11.2. The Kier molecular flexibility index (Phi) is 3.16. The topological polar surface area (TPSA) is 79.5 Å². The van der Waals surface area contributed by atoms with Crippen LogP contribution >= 0.6 is 0 Å². The summed E-state index contributed by atoms with van der Waals surface area (Å²) >= 11 is 0. The predicted octanol–water partition coefficient (Wildman–Crippen LogP) is 3.63. The number of anilines is 2. The summed E-state index contributed by atoms with van der Waals surface area (Å²) in [5.74, 6) is -0.489. The van der Waals surface area contributed by atoms with Gasteiger partial charge < -0.3 is 14.8 Å². The summed E-state index contributed by atoms with van der Waals surface area (Å²) in [5.41, 5.74) is 4.17. The predicted molar refractivity (Wildman–Crippen MR) is 91.9 cm³/mol. The van der Waals surface area contributed by atoms with Crippen molar-refractivity contribution in [2.45, 2.75) is 6.92 Å². The van der Waals surface area contributed by atoms with Crippen molar-refractivity contribution in [3.05, 3.63) is 66.1 Å². The number of aromatic carboxylic acids is 1. The second kappa shape index (κ2) is 5.34. The van der Waals surface area contributed by atoms with Gasteiger partial charge in [0.05, 0.1) is 22.8 Å². The molecule has 0 saturated carbocycles. The lowest BCUT2D eigenvalue weighted by Crippen LogP contribution is -2.03. The van der Waals surface area contributed by atoms with Gasteiger partial charge in [-0.05, 0) is 36.8 Å². The van der Waals surface area contributed by atoms with E-state index in [1.807, 2.05) is 31.2 Å². The molecule has 0 radical (unpaired) electrons. The van der Waals surface area contributed by atoms with Gasteiger partial charge in [-0.25, -0.2) is 9.78 Å². The van der Waals surface area contributed by atoms with Gasteiger partial charge in [0, 0.05) is 18.1 Å². The highest BCUT2D eigenvalue weighted by molar-refractivity contribution is 6.02. The molecule has 0 bridgehead atoms. The molecule has 6 heteroatoms. The summed E-state index contributed by atoms with van der Waals surface area (Å²) < 4.78 is 1.80. The molecule has 3 heterocycles. The molecule has 2 N–H and O–H groups in total. The Morgan fingerprint density at radius 1 is 1.25 bits per heavy atom. The van der Waals surface area contributed by atoms with E-state index < -0.39 is 5.97 Å². The summed E-state index contributed by atoms with van der Waals surface area (Å²) in [6.45, 7) is 2.00. The van der Waals surface area contributed by atoms with Gasteiger partial charge in [0.25, 0.3) is 0 Å². The van der Waals surface area contributed by atoms with E-state index in [1.54, 1.807) is 35.1 Å². The molecule has 0 aliphatic rings. The van der Waals surface area contributed by atoms with Crippen molar-refractivity contribution < 1.29 is 9.90 Å². The van der Waals surface area contributed by atoms with Crippen LogP contribution in [0.3, 0.4) is 0 Å². The molecule has 0 atom stereocenters. The number of carboxylic acid groups (broad SMARTS) is 1. The van der Waals surface area contributed by atoms with Crippen LogP contribution in [0.1, 0.15) is 15.9 Å². The van der Waals surface area contributed by atoms with E-state index in [1.165, 1.54) is 0 Å². The highest BCUT2D eigenvalue weighted by atomic mass is 16.4. The number of nitrogens with one attached hydrogen (secondary N) is 1. The zero-order valence-corrected chi connectivity index (χ0v) is 12.9. The molecule has 4 aromatic rings. The maximum Gasteiger partial charge on any atom is 0.338 e. The minimum Gasteiger partial charge on any atom is -0.478 e. The Morgan fingerprint density at radius 3 is 2.92 bits per heavy atom. The summed E-state index contributed by atoms with van der Waals surface area (Å²) in [4.78, 5) is 20.3. The maximum atomic E-state index is 11.6. The van der Waals surface area contributed by atoms with E-state index in [4.69, 9.17) is 0 Å². The third-order valence-corrected chi connectivity index (χ3v) is 3.89. The van der Waals surface area contributed by atoms with Crippen molar-refractivity contribution >= 4 is 34.0 Å². The number of fused-ring (bicyclic) bond motifs is 3. The van der Waals surface area contributed by atoms with Gasteiger partial charge in [-0.3, -0.25) is 4.98 Å². The van der Waals surface area contributed by atoms with Gasteiger partial charge in [-0.1, -0.05) is 12.1 Å². The quantitative estimate of drug-likeness (QED) is 0.603. The summed E-state index contributed by atoms with van der Waals surface area (Å²) in [5, 5.41) is 12.7. The van der Waals surface area contributed by atoms with Crippen LogP contribution in [0.2, 0.25) is 0 Å². The fourth-order valence-electron chi connectivity index (χ4n) is 2.83. The first-order chi connectivity index (χ1) is 11.6. The van der Waals surface area contributed by atoms with Crippen LogP contribution in [0.15, 0.2) is 55.0 Å². The van der Waals surface area contributed by atoms with E-state index in [-0.39, 0.29) is 5.56 Å². The van der Waals surface area contributed by atoms with Crippen LogP contribution in [0.4, 0.5) is 11.5 Å². The van der Waals surface area contributed by atoms with Crippen LogP contribution in [-0.4, -0.2) is 25.4 Å². The fourth-order valence-corrected chi connectivity index (χ4v) is 2.83. The van der Waals surface area contributed by atoms with E-state index in [9.17, 15) is 9.90 Å². The Bertz CT molecular complexity index is 1080. The van der Waals surface area contributed by atoms with Gasteiger partial charge >= 0.3 is 5.97 Å². The highest BCUT2D eigenvalue weighted by Gasteiger charge is 2.17. The molecule has 0 saturated heterocycles. The first-order valence-corrected chi connectivity index (χ1v) is 7.45. The van der Waals surface area contributed by atoms with Crippen molar-refractivity contribution in [3.63, 3.8) is 0 Å². The number of benzene rings is 1. The first-order valence-electron chi connectivity index (χ1n) is 7.45. The molecule has 118 valence electrons. The van der Waals surface area contributed by atoms with Crippen LogP contribution in [0.25, 0.3) is 16.6 Å². The number of rotatable bonds is 3. The summed E-state index contributed by atoms with van der Waals surface area (Å²) in [7, 11) is 0. The largest absolute Gasteiger partial charge is 0.478 e. The molecule has 6 nitrogen and oxygen atoms in total. The summed E-state index contributed by atoms with van der Waals surface area (Å²) in [6.07, 6.45) is 5.07. The second-order valence-electron chi connectivity index (χ2n) is 5.57. The fraction of sp³-hybridized carbons (Fsp3) is 0.0556. The minimum absolute atomic E-state index is 0.198. The zero-order valence-electron chi connectivity index (χ0n) is 12.9. The van der Waals surface area contributed by atoms with Crippen molar-refractivity contribution in [3.8, 4) is 0 Å². The standard InChI is InChI=1S/C18H14N4O2/c1-11-3-2-4-12(9-11)20-17-16-13(18(23)24)6-8-22(16)15-10-19-7-5-14(15)21-17/h2-10H,1H3,(H,20,21)(H,23,24). The van der Waals surface area contributed by atoms with E-state index in [2.05, 4.69) is 15.3 Å². The van der Waals surface area contributed by atoms with Crippen molar-refractivity contribution in [1.82, 2.24) is 14.4 Å². The van der Waals surface area contributed by atoms with Crippen molar-refractivity contribution in [2.75, 3.05) is 5.32 Å². The SMILES string of the molecule is Cc1cccc(Nc2nc3ccncc3n3ccc(C(=O)O)c23)c1. The van der Waals surface area contributed by atoms with Gasteiger partial charge in [0.15, 0.2) is 5.82 Å². The smallest absolute Gasteiger partial charge is 0.338 e. The second-order valence-corrected chi connectivity index (χ2v) is 5.57. The Balaban J connectivity index is 2.00. The average molecular weight is 318 g/mol. The molecule has 0 amide bonds. The van der Waals surface area contributed by atoms with Crippen LogP contribution in [-0.2, 0) is 0 Å². The van der Waals surface area contributed by atoms with Gasteiger partial charge in [-0.15, -0.1) is 0 Å². The molecule has 3 aromatic heterocycles. The number of aryl methyl sites for hydroxylation is 1. The highest BCUT2D eigenvalue weighted by Crippen LogP contribution is 2.28. The van der Waals surface area contributed by atoms with Gasteiger partial charge in [0.2, 0.25) is 0 Å². The molecular weight excluding hydrogens is 304 g/mol. The zero-order chi connectivity index (χ0) is 16.7. The number of carbonyl (C=O) groups is 1. The number of nitrogens with zero attached hydrogens (tertiary/aromatic N) is 3. The van der Waals surface area contributed by atoms with E-state index in [0.717, 1.165) is 22.3 Å². The number of aromatic nitrogens is 3. The van der Waals surface area contributed by atoms with Crippen molar-refractivity contribution in [1.29, 1.82) is 0 Å². The molecule has 1 aromatic carbocycles. The Labute approximate surface area is 137 Å².